The van der Waals surface area contributed by atoms with E-state index in [1.165, 1.54) is 27.8 Å². The van der Waals surface area contributed by atoms with Gasteiger partial charge >= 0.3 is 0 Å². The molecule has 0 aliphatic heterocycles. The molecule has 0 atom stereocenters. The standard InChI is InChI=1S/C26H28N2O/c1-19-13-15-22(16-14-19)26-27-23-11-4-5-12-24(23)28(26)17-6-7-18-29-25-20(2)9-8-10-21(25)3/h4-5,8-16H,6-7,17-18H2,1-3H3. The van der Waals surface area contributed by atoms with Gasteiger partial charge in [-0.05, 0) is 56.9 Å². The van der Waals surface area contributed by atoms with Gasteiger partial charge in [-0.3, -0.25) is 0 Å². The first-order valence-corrected chi connectivity index (χ1v) is 10.3. The van der Waals surface area contributed by atoms with Gasteiger partial charge < -0.3 is 9.30 Å². The summed E-state index contributed by atoms with van der Waals surface area (Å²) in [6.07, 6.45) is 2.05. The molecule has 0 saturated carbocycles. The van der Waals surface area contributed by atoms with Crippen molar-refractivity contribution in [2.24, 2.45) is 0 Å². The van der Waals surface area contributed by atoms with E-state index in [-0.39, 0.29) is 0 Å². The van der Waals surface area contributed by atoms with Gasteiger partial charge in [0.1, 0.15) is 11.6 Å². The largest absolute Gasteiger partial charge is 0.493 e. The van der Waals surface area contributed by atoms with E-state index >= 15 is 0 Å². The van der Waals surface area contributed by atoms with Gasteiger partial charge in [0.2, 0.25) is 0 Å². The van der Waals surface area contributed by atoms with E-state index in [0.717, 1.165) is 43.1 Å². The van der Waals surface area contributed by atoms with Crippen LogP contribution in [0.3, 0.4) is 0 Å². The summed E-state index contributed by atoms with van der Waals surface area (Å²) >= 11 is 0. The summed E-state index contributed by atoms with van der Waals surface area (Å²) < 4.78 is 8.42. The Morgan fingerprint density at radius 2 is 1.52 bits per heavy atom. The molecule has 3 aromatic carbocycles. The van der Waals surface area contributed by atoms with Crippen LogP contribution < -0.4 is 4.74 Å². The highest BCUT2D eigenvalue weighted by molar-refractivity contribution is 5.80. The van der Waals surface area contributed by atoms with Crippen LogP contribution in [-0.2, 0) is 6.54 Å². The Morgan fingerprint density at radius 1 is 0.793 bits per heavy atom. The zero-order chi connectivity index (χ0) is 20.2. The summed E-state index contributed by atoms with van der Waals surface area (Å²) in [4.78, 5) is 4.91. The second kappa shape index (κ2) is 8.52. The third-order valence-corrected chi connectivity index (χ3v) is 5.40. The van der Waals surface area contributed by atoms with Gasteiger partial charge in [-0.15, -0.1) is 0 Å². The molecule has 4 rings (SSSR count). The van der Waals surface area contributed by atoms with E-state index in [0.29, 0.717) is 0 Å². The summed E-state index contributed by atoms with van der Waals surface area (Å²) in [6, 6.07) is 23.3. The number of nitrogens with zero attached hydrogens (tertiary/aromatic N) is 2. The Morgan fingerprint density at radius 3 is 2.28 bits per heavy atom. The highest BCUT2D eigenvalue weighted by Crippen LogP contribution is 2.26. The second-order valence-electron chi connectivity index (χ2n) is 7.72. The van der Waals surface area contributed by atoms with E-state index < -0.39 is 0 Å². The van der Waals surface area contributed by atoms with Gasteiger partial charge in [-0.1, -0.05) is 60.2 Å². The normalized spacial score (nSPS) is 11.1. The van der Waals surface area contributed by atoms with E-state index in [9.17, 15) is 0 Å². The molecule has 29 heavy (non-hydrogen) atoms. The quantitative estimate of drug-likeness (QED) is 0.341. The molecule has 0 amide bonds. The number of ether oxygens (including phenoxy) is 1. The molecule has 4 aromatic rings. The minimum Gasteiger partial charge on any atom is -0.493 e. The molecule has 0 bridgehead atoms. The summed E-state index contributed by atoms with van der Waals surface area (Å²) in [5.74, 6) is 2.07. The molecule has 0 spiro atoms. The summed E-state index contributed by atoms with van der Waals surface area (Å²) in [5.41, 5.74) is 7.08. The molecule has 0 aliphatic rings. The predicted octanol–water partition coefficient (Wildman–Crippen LogP) is 6.49. The Labute approximate surface area is 173 Å². The lowest BCUT2D eigenvalue weighted by atomic mass is 10.1. The van der Waals surface area contributed by atoms with Crippen molar-refractivity contribution in [3.63, 3.8) is 0 Å². The number of para-hydroxylation sites is 3. The predicted molar refractivity (Wildman–Crippen MR) is 121 cm³/mol. The van der Waals surface area contributed by atoms with Crippen LogP contribution in [0.15, 0.2) is 66.7 Å². The number of fused-ring (bicyclic) bond motifs is 1. The number of aryl methyl sites for hydroxylation is 4. The number of hydrogen-bond acceptors (Lipinski definition) is 2. The number of unbranched alkanes of at least 4 members (excludes halogenated alkanes) is 1. The van der Waals surface area contributed by atoms with Crippen LogP contribution in [0.4, 0.5) is 0 Å². The van der Waals surface area contributed by atoms with Crippen molar-refractivity contribution in [1.82, 2.24) is 9.55 Å². The lowest BCUT2D eigenvalue weighted by Gasteiger charge is -2.13. The molecule has 0 unspecified atom stereocenters. The summed E-state index contributed by atoms with van der Waals surface area (Å²) in [5, 5.41) is 0. The van der Waals surface area contributed by atoms with E-state index in [4.69, 9.17) is 9.72 Å². The molecule has 1 heterocycles. The molecule has 0 aliphatic carbocycles. The van der Waals surface area contributed by atoms with Gasteiger partial charge in [0.05, 0.1) is 17.6 Å². The first kappa shape index (κ1) is 19.3. The average molecular weight is 385 g/mol. The molecule has 3 nitrogen and oxygen atoms in total. The maximum atomic E-state index is 6.08. The van der Waals surface area contributed by atoms with Crippen LogP contribution in [-0.4, -0.2) is 16.2 Å². The SMILES string of the molecule is Cc1ccc(-c2nc3ccccc3n2CCCCOc2c(C)cccc2C)cc1. The molecular weight excluding hydrogens is 356 g/mol. The molecule has 0 N–H and O–H groups in total. The molecule has 0 radical (unpaired) electrons. The Balaban J connectivity index is 1.47. The van der Waals surface area contributed by atoms with Crippen LogP contribution >= 0.6 is 0 Å². The maximum absolute atomic E-state index is 6.08. The number of benzene rings is 3. The minimum atomic E-state index is 0.734. The van der Waals surface area contributed by atoms with Crippen LogP contribution in [0.1, 0.15) is 29.5 Å². The third kappa shape index (κ3) is 4.19. The molecule has 0 saturated heterocycles. The molecule has 3 heteroatoms. The first-order valence-electron chi connectivity index (χ1n) is 10.3. The van der Waals surface area contributed by atoms with E-state index in [2.05, 4.69) is 92.1 Å². The molecular formula is C26H28N2O. The monoisotopic (exact) mass is 384 g/mol. The zero-order valence-electron chi connectivity index (χ0n) is 17.5. The lowest BCUT2D eigenvalue weighted by Crippen LogP contribution is -2.05. The minimum absolute atomic E-state index is 0.734. The van der Waals surface area contributed by atoms with Crippen molar-refractivity contribution in [3.05, 3.63) is 83.4 Å². The highest BCUT2D eigenvalue weighted by atomic mass is 16.5. The Hall–Kier alpha value is -3.07. The highest BCUT2D eigenvalue weighted by Gasteiger charge is 2.12. The van der Waals surface area contributed by atoms with Crippen molar-refractivity contribution in [1.29, 1.82) is 0 Å². The van der Waals surface area contributed by atoms with Gasteiger partial charge in [0, 0.05) is 12.1 Å². The number of hydrogen-bond donors (Lipinski definition) is 0. The van der Waals surface area contributed by atoms with Gasteiger partial charge in [0.15, 0.2) is 0 Å². The third-order valence-electron chi connectivity index (χ3n) is 5.40. The van der Waals surface area contributed by atoms with Gasteiger partial charge in [-0.2, -0.15) is 0 Å². The van der Waals surface area contributed by atoms with Crippen LogP contribution in [0.25, 0.3) is 22.4 Å². The summed E-state index contributed by atoms with van der Waals surface area (Å²) in [6.45, 7) is 7.99. The fourth-order valence-corrected chi connectivity index (χ4v) is 3.80. The van der Waals surface area contributed by atoms with Crippen molar-refractivity contribution in [3.8, 4) is 17.1 Å². The topological polar surface area (TPSA) is 27.1 Å². The number of imidazole rings is 1. The fourth-order valence-electron chi connectivity index (χ4n) is 3.80. The van der Waals surface area contributed by atoms with Crippen molar-refractivity contribution in [2.45, 2.75) is 40.2 Å². The van der Waals surface area contributed by atoms with Gasteiger partial charge in [-0.25, -0.2) is 4.98 Å². The number of aromatic nitrogens is 2. The first-order chi connectivity index (χ1) is 14.1. The Bertz CT molecular complexity index is 1090. The average Bonchev–Trinajstić information content (AvgIpc) is 3.09. The molecule has 148 valence electrons. The van der Waals surface area contributed by atoms with Crippen LogP contribution in [0.2, 0.25) is 0 Å². The van der Waals surface area contributed by atoms with E-state index in [1.807, 2.05) is 0 Å². The smallest absolute Gasteiger partial charge is 0.141 e. The number of rotatable bonds is 7. The fraction of sp³-hybridized carbons (Fsp3) is 0.269. The zero-order valence-corrected chi connectivity index (χ0v) is 17.5. The maximum Gasteiger partial charge on any atom is 0.141 e. The van der Waals surface area contributed by atoms with Crippen molar-refractivity contribution in [2.75, 3.05) is 6.61 Å². The van der Waals surface area contributed by atoms with Gasteiger partial charge in [0.25, 0.3) is 0 Å². The summed E-state index contributed by atoms with van der Waals surface area (Å²) in [7, 11) is 0. The van der Waals surface area contributed by atoms with Crippen molar-refractivity contribution < 1.29 is 4.74 Å². The van der Waals surface area contributed by atoms with Crippen LogP contribution in [0.5, 0.6) is 5.75 Å². The molecule has 1 aromatic heterocycles. The van der Waals surface area contributed by atoms with Crippen molar-refractivity contribution >= 4 is 11.0 Å². The second-order valence-corrected chi connectivity index (χ2v) is 7.72. The van der Waals surface area contributed by atoms with Crippen LogP contribution in [0, 0.1) is 20.8 Å². The lowest BCUT2D eigenvalue weighted by molar-refractivity contribution is 0.300. The van der Waals surface area contributed by atoms with E-state index in [1.54, 1.807) is 0 Å². The molecule has 0 fully saturated rings. The Kier molecular flexibility index (Phi) is 5.66.